The van der Waals surface area contributed by atoms with Gasteiger partial charge in [0.25, 0.3) is 0 Å². The van der Waals surface area contributed by atoms with Crippen molar-refractivity contribution < 1.29 is 0 Å². The molecule has 1 aromatic heterocycles. The van der Waals surface area contributed by atoms with Crippen LogP contribution in [0.5, 0.6) is 0 Å². The minimum atomic E-state index is 0.531. The van der Waals surface area contributed by atoms with Gasteiger partial charge in [0.05, 0.1) is 5.00 Å². The summed E-state index contributed by atoms with van der Waals surface area (Å²) in [6.45, 7) is 12.5. The molecule has 2 aliphatic heterocycles. The molecule has 5 nitrogen and oxygen atoms in total. The largest absolute Gasteiger partial charge is 0.363 e. The van der Waals surface area contributed by atoms with Gasteiger partial charge in [0.15, 0.2) is 5.96 Å². The highest BCUT2D eigenvalue weighted by Crippen LogP contribution is 2.24. The number of aliphatic imine (C=N–C) groups is 1. The molecule has 0 aromatic carbocycles. The fraction of sp³-hybridized carbons (Fsp3) is 0.773. The summed E-state index contributed by atoms with van der Waals surface area (Å²) in [6.07, 6.45) is 7.57. The van der Waals surface area contributed by atoms with E-state index in [0.717, 1.165) is 38.1 Å². The Morgan fingerprint density at radius 1 is 1.21 bits per heavy atom. The van der Waals surface area contributed by atoms with Crippen LogP contribution in [0.1, 0.15) is 52.4 Å². The second kappa shape index (κ2) is 11.7. The summed E-state index contributed by atoms with van der Waals surface area (Å²) in [5.41, 5.74) is 0. The highest BCUT2D eigenvalue weighted by Gasteiger charge is 2.20. The second-order valence-electron chi connectivity index (χ2n) is 8.37. The van der Waals surface area contributed by atoms with Crippen molar-refractivity contribution in [3.8, 4) is 0 Å². The Kier molecular flexibility index (Phi) is 8.93. The SMILES string of the molecule is CCNC(=NCCCCN1CCCC(C)C1)NC1CCN(c2cccs2)CC1. The molecule has 28 heavy (non-hydrogen) atoms. The van der Waals surface area contributed by atoms with Crippen molar-refractivity contribution in [2.24, 2.45) is 10.9 Å². The van der Waals surface area contributed by atoms with Crippen LogP contribution < -0.4 is 15.5 Å². The number of hydrogen-bond donors (Lipinski definition) is 2. The second-order valence-corrected chi connectivity index (χ2v) is 9.30. The van der Waals surface area contributed by atoms with E-state index in [1.807, 2.05) is 11.3 Å². The number of rotatable bonds is 8. The topological polar surface area (TPSA) is 42.9 Å². The quantitative estimate of drug-likeness (QED) is 0.392. The Morgan fingerprint density at radius 3 is 2.79 bits per heavy atom. The maximum Gasteiger partial charge on any atom is 0.191 e. The van der Waals surface area contributed by atoms with Crippen molar-refractivity contribution in [3.63, 3.8) is 0 Å². The van der Waals surface area contributed by atoms with Crippen molar-refractivity contribution in [2.45, 2.75) is 58.4 Å². The molecule has 2 N–H and O–H groups in total. The average molecular weight is 406 g/mol. The summed E-state index contributed by atoms with van der Waals surface area (Å²) in [5.74, 6) is 1.88. The van der Waals surface area contributed by atoms with Crippen molar-refractivity contribution >= 4 is 22.3 Å². The smallest absolute Gasteiger partial charge is 0.191 e. The Labute approximate surface area is 175 Å². The van der Waals surface area contributed by atoms with E-state index in [9.17, 15) is 0 Å². The average Bonchev–Trinajstić information content (AvgIpc) is 3.23. The van der Waals surface area contributed by atoms with Gasteiger partial charge >= 0.3 is 0 Å². The highest BCUT2D eigenvalue weighted by molar-refractivity contribution is 7.14. The van der Waals surface area contributed by atoms with Crippen LogP contribution in [0.3, 0.4) is 0 Å². The van der Waals surface area contributed by atoms with E-state index in [1.54, 1.807) is 0 Å². The first-order chi connectivity index (χ1) is 13.7. The molecule has 3 heterocycles. The van der Waals surface area contributed by atoms with Gasteiger partial charge in [-0.25, -0.2) is 0 Å². The summed E-state index contributed by atoms with van der Waals surface area (Å²) >= 11 is 1.84. The van der Waals surface area contributed by atoms with Gasteiger partial charge in [0, 0.05) is 38.8 Å². The minimum Gasteiger partial charge on any atom is -0.363 e. The Balaban J connectivity index is 1.34. The number of hydrogen-bond acceptors (Lipinski definition) is 4. The summed E-state index contributed by atoms with van der Waals surface area (Å²) in [4.78, 5) is 9.99. The highest BCUT2D eigenvalue weighted by atomic mass is 32.1. The number of nitrogens with zero attached hydrogens (tertiary/aromatic N) is 3. The number of piperidine rings is 2. The number of anilines is 1. The standard InChI is InChI=1S/C22H39N5S/c1-3-23-22(24-12-4-5-13-26-14-6-8-19(2)18-26)25-20-10-15-27(16-11-20)21-9-7-17-28-21/h7,9,17,19-20H,3-6,8,10-16,18H2,1-2H3,(H2,23,24,25). The van der Waals surface area contributed by atoms with E-state index < -0.39 is 0 Å². The van der Waals surface area contributed by atoms with E-state index in [2.05, 4.69) is 51.8 Å². The monoisotopic (exact) mass is 405 g/mol. The zero-order chi connectivity index (χ0) is 19.6. The van der Waals surface area contributed by atoms with Gasteiger partial charge < -0.3 is 20.4 Å². The molecule has 2 saturated heterocycles. The van der Waals surface area contributed by atoms with E-state index in [-0.39, 0.29) is 0 Å². The maximum absolute atomic E-state index is 4.84. The minimum absolute atomic E-state index is 0.531. The Bertz CT molecular complexity index is 565. The predicted octanol–water partition coefficient (Wildman–Crippen LogP) is 3.78. The zero-order valence-corrected chi connectivity index (χ0v) is 18.6. The van der Waals surface area contributed by atoms with Crippen LogP contribution in [-0.2, 0) is 0 Å². The van der Waals surface area contributed by atoms with Gasteiger partial charge in [-0.05, 0) is 82.0 Å². The molecule has 0 saturated carbocycles. The van der Waals surface area contributed by atoms with Gasteiger partial charge in [-0.1, -0.05) is 6.92 Å². The first-order valence-electron chi connectivity index (χ1n) is 11.3. The molecule has 1 aromatic rings. The normalized spacial score (nSPS) is 22.4. The van der Waals surface area contributed by atoms with Crippen LogP contribution in [0.2, 0.25) is 0 Å². The fourth-order valence-electron chi connectivity index (χ4n) is 4.34. The van der Waals surface area contributed by atoms with Gasteiger partial charge in [0.1, 0.15) is 0 Å². The third kappa shape index (κ3) is 6.96. The lowest BCUT2D eigenvalue weighted by molar-refractivity contribution is 0.181. The molecule has 0 amide bonds. The molecule has 0 aliphatic carbocycles. The van der Waals surface area contributed by atoms with Crippen LogP contribution in [0, 0.1) is 5.92 Å². The molecular formula is C22H39N5S. The molecule has 1 unspecified atom stereocenters. The van der Waals surface area contributed by atoms with Crippen molar-refractivity contribution in [1.82, 2.24) is 15.5 Å². The van der Waals surface area contributed by atoms with Crippen molar-refractivity contribution in [2.75, 3.05) is 50.7 Å². The molecule has 0 spiro atoms. The van der Waals surface area contributed by atoms with Crippen molar-refractivity contribution in [3.05, 3.63) is 17.5 Å². The summed E-state index contributed by atoms with van der Waals surface area (Å²) in [5, 5.41) is 10.7. The van der Waals surface area contributed by atoms with Crippen molar-refractivity contribution in [1.29, 1.82) is 0 Å². The first-order valence-corrected chi connectivity index (χ1v) is 12.2. The molecule has 6 heteroatoms. The Hall–Kier alpha value is -1.27. The van der Waals surface area contributed by atoms with E-state index >= 15 is 0 Å². The predicted molar refractivity (Wildman–Crippen MR) is 123 cm³/mol. The van der Waals surface area contributed by atoms with E-state index in [4.69, 9.17) is 4.99 Å². The van der Waals surface area contributed by atoms with Crippen LogP contribution >= 0.6 is 11.3 Å². The molecule has 3 rings (SSSR count). The summed E-state index contributed by atoms with van der Waals surface area (Å²) in [6, 6.07) is 4.91. The third-order valence-corrected chi connectivity index (χ3v) is 6.82. The zero-order valence-electron chi connectivity index (χ0n) is 17.8. The van der Waals surface area contributed by atoms with Crippen LogP contribution in [-0.4, -0.2) is 62.7 Å². The maximum atomic E-state index is 4.84. The van der Waals surface area contributed by atoms with Crippen LogP contribution in [0.15, 0.2) is 22.5 Å². The Morgan fingerprint density at radius 2 is 2.07 bits per heavy atom. The van der Waals surface area contributed by atoms with Gasteiger partial charge in [-0.15, -0.1) is 11.3 Å². The first kappa shape index (κ1) is 21.4. The number of nitrogens with one attached hydrogen (secondary N) is 2. The van der Waals surface area contributed by atoms with Gasteiger partial charge in [-0.3, -0.25) is 4.99 Å². The number of likely N-dealkylation sites (tertiary alicyclic amines) is 1. The number of thiophene rings is 1. The van der Waals surface area contributed by atoms with E-state index in [0.29, 0.717) is 6.04 Å². The van der Waals surface area contributed by atoms with Gasteiger partial charge in [0.2, 0.25) is 0 Å². The summed E-state index contributed by atoms with van der Waals surface area (Å²) < 4.78 is 0. The van der Waals surface area contributed by atoms with Gasteiger partial charge in [-0.2, -0.15) is 0 Å². The molecule has 0 radical (unpaired) electrons. The molecule has 1 atom stereocenters. The van der Waals surface area contributed by atoms with Crippen LogP contribution in [0.25, 0.3) is 0 Å². The molecule has 158 valence electrons. The lowest BCUT2D eigenvalue weighted by Gasteiger charge is -2.33. The fourth-order valence-corrected chi connectivity index (χ4v) is 5.12. The number of guanidine groups is 1. The van der Waals surface area contributed by atoms with E-state index in [1.165, 1.54) is 63.2 Å². The lowest BCUT2D eigenvalue weighted by Crippen LogP contribution is -2.48. The third-order valence-electron chi connectivity index (χ3n) is 5.89. The molecule has 2 fully saturated rings. The van der Waals surface area contributed by atoms with Crippen LogP contribution in [0.4, 0.5) is 5.00 Å². The summed E-state index contributed by atoms with van der Waals surface area (Å²) in [7, 11) is 0. The molecule has 2 aliphatic rings. The molecule has 0 bridgehead atoms. The molecular weight excluding hydrogens is 366 g/mol. The number of unbranched alkanes of at least 4 members (excludes halogenated alkanes) is 1. The lowest BCUT2D eigenvalue weighted by atomic mass is 10.0.